The Morgan fingerprint density at radius 2 is 2.00 bits per heavy atom. The van der Waals surface area contributed by atoms with E-state index in [1.807, 2.05) is 44.3 Å². The lowest BCUT2D eigenvalue weighted by atomic mass is 10.1. The summed E-state index contributed by atoms with van der Waals surface area (Å²) in [5, 5.41) is 3.08. The number of rotatable bonds is 5. The van der Waals surface area contributed by atoms with Crippen molar-refractivity contribution >= 4 is 32.5 Å². The topological polar surface area (TPSA) is 100 Å². The lowest BCUT2D eigenvalue weighted by Gasteiger charge is -2.39. The van der Waals surface area contributed by atoms with E-state index < -0.39 is 9.84 Å². The van der Waals surface area contributed by atoms with Gasteiger partial charge < -0.3 is 19.9 Å². The molecule has 0 radical (unpaired) electrons. The number of nitrogens with zero attached hydrogens (tertiary/aromatic N) is 3. The van der Waals surface area contributed by atoms with Crippen LogP contribution in [0.25, 0.3) is 22.4 Å². The average Bonchev–Trinajstić information content (AvgIpc) is 3.11. The zero-order chi connectivity index (χ0) is 21.5. The Balaban J connectivity index is 1.81. The molecule has 0 spiro atoms. The Kier molecular flexibility index (Phi) is 5.42. The maximum Gasteiger partial charge on any atom is 0.151 e. The summed E-state index contributed by atoms with van der Waals surface area (Å²) in [5.74, 6) is 1.59. The fourth-order valence-corrected chi connectivity index (χ4v) is 4.55. The number of hydrogen-bond acceptors (Lipinski definition) is 7. The average molecular weight is 430 g/mol. The van der Waals surface area contributed by atoms with Crippen LogP contribution < -0.4 is 10.2 Å². The predicted octanol–water partition coefficient (Wildman–Crippen LogP) is 2.82. The lowest BCUT2D eigenvalue weighted by molar-refractivity contribution is 0.0281. The van der Waals surface area contributed by atoms with Crippen molar-refractivity contribution in [3.8, 4) is 11.4 Å². The molecule has 30 heavy (non-hydrogen) atoms. The van der Waals surface area contributed by atoms with Crippen molar-refractivity contribution in [3.05, 3.63) is 35.9 Å². The number of fused-ring (bicyclic) bond motifs is 1. The molecule has 8 nitrogen and oxygen atoms in total. The first-order valence-corrected chi connectivity index (χ1v) is 12.0. The number of hydrogen-bond donors (Lipinski definition) is 2. The first kappa shape index (κ1) is 20.6. The second-order valence-corrected chi connectivity index (χ2v) is 10.0. The fraction of sp³-hybridized carbons (Fsp3) is 0.429. The van der Waals surface area contributed by atoms with Gasteiger partial charge in [-0.3, -0.25) is 0 Å². The molecule has 0 aliphatic carbocycles. The van der Waals surface area contributed by atoms with E-state index in [0.717, 1.165) is 22.7 Å². The van der Waals surface area contributed by atoms with Crippen molar-refractivity contribution < 1.29 is 13.2 Å². The van der Waals surface area contributed by atoms with Gasteiger partial charge in [0.05, 0.1) is 46.9 Å². The number of ether oxygens (including phenoxy) is 1. The molecular formula is C21H27N5O3S. The van der Waals surface area contributed by atoms with Crippen LogP contribution in [0.3, 0.4) is 0 Å². The Morgan fingerprint density at radius 3 is 2.73 bits per heavy atom. The Bertz CT molecular complexity index is 1170. The van der Waals surface area contributed by atoms with Crippen LogP contribution in [0.5, 0.6) is 0 Å². The van der Waals surface area contributed by atoms with Crippen LogP contribution in [0.1, 0.15) is 19.4 Å². The van der Waals surface area contributed by atoms with Gasteiger partial charge in [0, 0.05) is 25.9 Å². The second-order valence-electron chi connectivity index (χ2n) is 7.86. The number of H-pyrrole nitrogens is 1. The van der Waals surface area contributed by atoms with Crippen molar-refractivity contribution in [2.75, 3.05) is 36.7 Å². The normalized spacial score (nSPS) is 19.9. The minimum Gasteiger partial charge on any atom is -0.375 e. The molecule has 1 fully saturated rings. The summed E-state index contributed by atoms with van der Waals surface area (Å²) in [6.45, 7) is 5.45. The third-order valence-electron chi connectivity index (χ3n) is 5.49. The van der Waals surface area contributed by atoms with Crippen LogP contribution in [-0.2, 0) is 20.3 Å². The fourth-order valence-electron chi connectivity index (χ4n) is 3.78. The van der Waals surface area contributed by atoms with Gasteiger partial charge in [0.2, 0.25) is 0 Å². The summed E-state index contributed by atoms with van der Waals surface area (Å²) in [6.07, 6.45) is 1.31. The van der Waals surface area contributed by atoms with E-state index in [2.05, 4.69) is 22.1 Å². The molecule has 4 rings (SSSR count). The van der Waals surface area contributed by atoms with Gasteiger partial charge in [0.25, 0.3) is 0 Å². The molecule has 0 unspecified atom stereocenters. The minimum absolute atomic E-state index is 0.0416. The number of anilines is 2. The number of pyridine rings is 2. The minimum atomic E-state index is -3.19. The molecule has 2 atom stereocenters. The van der Waals surface area contributed by atoms with Gasteiger partial charge in [-0.1, -0.05) is 0 Å². The Labute approximate surface area is 176 Å². The Hall–Kier alpha value is -2.65. The highest BCUT2D eigenvalue weighted by atomic mass is 32.2. The second kappa shape index (κ2) is 7.88. The summed E-state index contributed by atoms with van der Waals surface area (Å²) >= 11 is 0. The standard InChI is InChI=1S/C21H27N5O3S/c1-13-14(2)29-8-7-26(13)21-10-15(12-30(4,27)28)9-18(25-21)16-5-6-17-19(23-16)11-20(22-3)24-17/h5-6,9-11,13-14,22,24H,7-8,12H2,1-4H3/t13-,14-/m1/s1. The van der Waals surface area contributed by atoms with Crippen LogP contribution in [0.15, 0.2) is 30.3 Å². The van der Waals surface area contributed by atoms with Crippen LogP contribution >= 0.6 is 0 Å². The number of nitrogens with one attached hydrogen (secondary N) is 2. The summed E-state index contributed by atoms with van der Waals surface area (Å²) in [4.78, 5) is 15.0. The van der Waals surface area contributed by atoms with Gasteiger partial charge >= 0.3 is 0 Å². The monoisotopic (exact) mass is 429 g/mol. The van der Waals surface area contributed by atoms with E-state index in [0.29, 0.717) is 30.1 Å². The van der Waals surface area contributed by atoms with Crippen molar-refractivity contribution in [2.24, 2.45) is 0 Å². The summed E-state index contributed by atoms with van der Waals surface area (Å²) < 4.78 is 29.7. The van der Waals surface area contributed by atoms with Gasteiger partial charge in [-0.05, 0) is 43.7 Å². The van der Waals surface area contributed by atoms with Crippen LogP contribution in [0, 0.1) is 0 Å². The molecule has 1 saturated heterocycles. The van der Waals surface area contributed by atoms with Gasteiger partial charge in [0.1, 0.15) is 11.6 Å². The van der Waals surface area contributed by atoms with Crippen molar-refractivity contribution in [1.82, 2.24) is 15.0 Å². The molecule has 9 heteroatoms. The van der Waals surface area contributed by atoms with E-state index in [1.54, 1.807) is 0 Å². The maximum absolute atomic E-state index is 12.0. The van der Waals surface area contributed by atoms with Crippen molar-refractivity contribution in [1.29, 1.82) is 0 Å². The molecule has 1 aliphatic heterocycles. The maximum atomic E-state index is 12.0. The number of morpholine rings is 1. The summed E-state index contributed by atoms with van der Waals surface area (Å²) in [6, 6.07) is 9.62. The SMILES string of the molecule is CNc1cc2nc(-c3cc(CS(C)(=O)=O)cc(N4CCO[C@H](C)[C@H]4C)n3)ccc2[nH]1. The van der Waals surface area contributed by atoms with Gasteiger partial charge in [-0.25, -0.2) is 18.4 Å². The predicted molar refractivity (Wildman–Crippen MR) is 120 cm³/mol. The van der Waals surface area contributed by atoms with Crippen LogP contribution in [0.4, 0.5) is 11.6 Å². The van der Waals surface area contributed by atoms with Gasteiger partial charge in [0.15, 0.2) is 9.84 Å². The Morgan fingerprint density at radius 1 is 1.20 bits per heavy atom. The highest BCUT2D eigenvalue weighted by Gasteiger charge is 2.27. The molecule has 3 aromatic rings. The number of aromatic amines is 1. The zero-order valence-electron chi connectivity index (χ0n) is 17.6. The van der Waals surface area contributed by atoms with E-state index in [9.17, 15) is 8.42 Å². The summed E-state index contributed by atoms with van der Waals surface area (Å²) in [5.41, 5.74) is 3.81. The van der Waals surface area contributed by atoms with E-state index >= 15 is 0 Å². The smallest absolute Gasteiger partial charge is 0.151 e. The van der Waals surface area contributed by atoms with E-state index in [-0.39, 0.29) is 17.9 Å². The highest BCUT2D eigenvalue weighted by molar-refractivity contribution is 7.89. The first-order valence-electron chi connectivity index (χ1n) is 9.98. The van der Waals surface area contributed by atoms with Gasteiger partial charge in [-0.15, -0.1) is 0 Å². The number of sulfone groups is 1. The molecule has 2 N–H and O–H groups in total. The molecule has 1 aliphatic rings. The molecule has 3 aromatic heterocycles. The lowest BCUT2D eigenvalue weighted by Crippen LogP contribution is -2.49. The highest BCUT2D eigenvalue weighted by Crippen LogP contribution is 2.28. The van der Waals surface area contributed by atoms with E-state index in [4.69, 9.17) is 14.7 Å². The van der Waals surface area contributed by atoms with Crippen molar-refractivity contribution in [3.63, 3.8) is 0 Å². The third-order valence-corrected chi connectivity index (χ3v) is 6.34. The molecule has 0 saturated carbocycles. The summed E-state index contributed by atoms with van der Waals surface area (Å²) in [7, 11) is -1.34. The largest absolute Gasteiger partial charge is 0.375 e. The third kappa shape index (κ3) is 4.27. The van der Waals surface area contributed by atoms with E-state index in [1.165, 1.54) is 6.26 Å². The molecular weight excluding hydrogens is 402 g/mol. The molecule has 0 bridgehead atoms. The zero-order valence-corrected chi connectivity index (χ0v) is 18.5. The van der Waals surface area contributed by atoms with Crippen LogP contribution in [0.2, 0.25) is 0 Å². The van der Waals surface area contributed by atoms with Crippen LogP contribution in [-0.4, -0.2) is 62.0 Å². The van der Waals surface area contributed by atoms with Crippen molar-refractivity contribution in [2.45, 2.75) is 31.7 Å². The molecule has 0 aromatic carbocycles. The quantitative estimate of drug-likeness (QED) is 0.643. The number of aromatic nitrogens is 3. The first-order chi connectivity index (χ1) is 14.2. The molecule has 4 heterocycles. The molecule has 160 valence electrons. The molecule has 0 amide bonds. The van der Waals surface area contributed by atoms with Gasteiger partial charge in [-0.2, -0.15) is 0 Å².